The van der Waals surface area contributed by atoms with Crippen LogP contribution in [0.15, 0.2) is 52.6 Å². The molecule has 0 rings (SSSR count). The molecule has 0 spiro atoms. The van der Waals surface area contributed by atoms with Crippen molar-refractivity contribution in [2.45, 2.75) is 0 Å². The summed E-state index contributed by atoms with van der Waals surface area (Å²) in [7, 11) is 0. The van der Waals surface area contributed by atoms with Crippen LogP contribution in [-0.4, -0.2) is 70.7 Å². The largest absolute Gasteiger partial charge is 4.00 e. The molecule has 4 N–H and O–H groups in total. The molecule has 12 nitrogen and oxygen atoms in total. The molecule has 0 heterocycles. The number of aliphatic carboxylic acids is 4. The number of carbonyl (C=O) groups is 4. The van der Waals surface area contributed by atoms with Gasteiger partial charge in [0.25, 0.3) is 0 Å². The monoisotopic (exact) mass is 460 g/mol. The van der Waals surface area contributed by atoms with Crippen LogP contribution in [0, 0.1) is 0 Å². The fourth-order valence-electron chi connectivity index (χ4n) is 0. The van der Waals surface area contributed by atoms with E-state index in [1.807, 2.05) is 0 Å². The van der Waals surface area contributed by atoms with Crippen molar-refractivity contribution in [1.29, 1.82) is 0 Å². The van der Waals surface area contributed by atoms with Crippen LogP contribution in [0.5, 0.6) is 0 Å². The maximum atomic E-state index is 9.01. The van der Waals surface area contributed by atoms with E-state index in [9.17, 15) is 0 Å². The summed E-state index contributed by atoms with van der Waals surface area (Å²) in [4.78, 5) is 36.0. The Morgan fingerprint density at radius 1 is 0.448 bits per heavy atom. The molecule has 0 aromatic heterocycles. The van der Waals surface area contributed by atoms with Gasteiger partial charge in [0.05, 0.1) is 50.3 Å². The third kappa shape index (κ3) is 478. The molecule has 0 aliphatic carbocycles. The average Bonchev–Trinajstić information content (AvgIpc) is 2.74. The maximum Gasteiger partial charge on any atom is 4.00 e. The van der Waals surface area contributed by atoms with Gasteiger partial charge in [0.2, 0.25) is 0 Å². The smallest absolute Gasteiger partial charge is 0.548 e. The second-order valence-electron chi connectivity index (χ2n) is 2.12. The first kappa shape index (κ1) is 56.3. The van der Waals surface area contributed by atoms with Crippen molar-refractivity contribution in [2.24, 2.45) is 0 Å². The zero-order chi connectivity index (χ0) is 25.1. The van der Waals surface area contributed by atoms with Gasteiger partial charge in [-0.25, -0.2) is 0 Å². The minimum absolute atomic E-state index is 0. The summed E-state index contributed by atoms with van der Waals surface area (Å²) >= 11 is 0. The van der Waals surface area contributed by atoms with E-state index >= 15 is 0 Å². The van der Waals surface area contributed by atoms with Gasteiger partial charge in [-0.15, -0.1) is 52.6 Å². The number of hydrogen-bond donors (Lipinski definition) is 4. The molecular weight excluding hydrogens is 432 g/mol. The Bertz CT molecular complexity index is 274. The molecule has 0 aliphatic rings. The molecule has 13 heteroatoms. The second kappa shape index (κ2) is 84.2. The summed E-state index contributed by atoms with van der Waals surface area (Å²) in [5.74, 6) is -5.76. The molecule has 0 saturated carbocycles. The summed E-state index contributed by atoms with van der Waals surface area (Å²) in [6, 6.07) is 0. The molecule has 0 aromatic rings. The normalized spacial score (nSPS) is 5.66. The van der Waals surface area contributed by atoms with Gasteiger partial charge in [0.15, 0.2) is 0 Å². The quantitative estimate of drug-likeness (QED) is 0.226. The van der Waals surface area contributed by atoms with E-state index < -0.39 is 50.3 Å². The summed E-state index contributed by atoms with van der Waals surface area (Å²) in [5.41, 5.74) is 0. The number of aliphatic hydroxyl groups excluding tert-OH is 4. The molecule has 0 radical (unpaired) electrons. The summed E-state index contributed by atoms with van der Waals surface area (Å²) in [6.07, 6.45) is 0. The van der Waals surface area contributed by atoms with Gasteiger partial charge in [-0.1, -0.05) is 0 Å². The number of hydrogen-bond acceptors (Lipinski definition) is 12. The molecule has 0 atom stereocenters. The van der Waals surface area contributed by atoms with Crippen molar-refractivity contribution in [3.8, 4) is 0 Å². The molecule has 0 aromatic carbocycles. The van der Waals surface area contributed by atoms with Gasteiger partial charge < -0.3 is 60.0 Å². The van der Waals surface area contributed by atoms with Crippen LogP contribution in [0.25, 0.3) is 0 Å². The summed E-state index contributed by atoms with van der Waals surface area (Å²) in [5, 5.41) is 66.0. The van der Waals surface area contributed by atoms with Crippen LogP contribution >= 0.6 is 0 Å². The standard InChI is InChI=1S/4C2H4O3.4C2H4.Ti/c4*3-1-2(4)5;4*1-2;/h4*3H,1H2,(H,4,5);4*1-2H2;/q;;;;;;;;+4/p-4. The van der Waals surface area contributed by atoms with Crippen molar-refractivity contribution in [3.63, 3.8) is 0 Å². The number of carboxylic acid groups (broad SMARTS) is 4. The van der Waals surface area contributed by atoms with Crippen LogP contribution in [0.4, 0.5) is 0 Å². The molecule has 0 bridgehead atoms. The fourth-order valence-corrected chi connectivity index (χ4v) is 0. The van der Waals surface area contributed by atoms with Crippen LogP contribution < -0.4 is 20.4 Å². The van der Waals surface area contributed by atoms with Gasteiger partial charge in [-0.05, 0) is 0 Å². The van der Waals surface area contributed by atoms with Gasteiger partial charge >= 0.3 is 21.7 Å². The third-order valence-electron chi connectivity index (χ3n) is 0.516. The summed E-state index contributed by atoms with van der Waals surface area (Å²) < 4.78 is 0. The van der Waals surface area contributed by atoms with Crippen molar-refractivity contribution in [2.75, 3.05) is 26.4 Å². The zero-order valence-electron chi connectivity index (χ0n) is 16.0. The predicted molar refractivity (Wildman–Crippen MR) is 93.4 cm³/mol. The first-order valence-corrected chi connectivity index (χ1v) is 6.31. The molecule has 0 unspecified atom stereocenters. The second-order valence-corrected chi connectivity index (χ2v) is 2.12. The van der Waals surface area contributed by atoms with E-state index in [4.69, 9.17) is 60.0 Å². The summed E-state index contributed by atoms with van der Waals surface area (Å²) in [6.45, 7) is 20.4. The number of aliphatic hydroxyl groups is 4. The van der Waals surface area contributed by atoms with E-state index in [2.05, 4.69) is 52.6 Å². The maximum absolute atomic E-state index is 9.01. The van der Waals surface area contributed by atoms with Crippen LogP contribution in [0.1, 0.15) is 0 Å². The molecule has 0 aliphatic heterocycles. The Morgan fingerprint density at radius 3 is 0.483 bits per heavy atom. The number of carboxylic acids is 4. The van der Waals surface area contributed by atoms with E-state index in [1.54, 1.807) is 0 Å². The van der Waals surface area contributed by atoms with Gasteiger partial charge in [-0.3, -0.25) is 0 Å². The Morgan fingerprint density at radius 2 is 0.483 bits per heavy atom. The average molecular weight is 460 g/mol. The van der Waals surface area contributed by atoms with Crippen LogP contribution in [-0.2, 0) is 40.9 Å². The number of carbonyl (C=O) groups excluding carboxylic acids is 4. The Balaban J connectivity index is -0.0000000233. The zero-order valence-corrected chi connectivity index (χ0v) is 17.6. The van der Waals surface area contributed by atoms with Crippen molar-refractivity contribution in [1.82, 2.24) is 0 Å². The minimum atomic E-state index is -1.44. The van der Waals surface area contributed by atoms with Gasteiger partial charge in [0.1, 0.15) is 0 Å². The van der Waals surface area contributed by atoms with Crippen molar-refractivity contribution < 1.29 is 81.7 Å². The van der Waals surface area contributed by atoms with Crippen molar-refractivity contribution >= 4 is 23.9 Å². The Hall–Kier alpha value is -2.61. The van der Waals surface area contributed by atoms with E-state index in [1.165, 1.54) is 0 Å². The predicted octanol–water partition coefficient (Wildman–Crippen LogP) is -5.88. The van der Waals surface area contributed by atoms with Gasteiger partial charge in [-0.2, -0.15) is 0 Å². The molecule has 0 fully saturated rings. The Kier molecular flexibility index (Phi) is 163. The van der Waals surface area contributed by atoms with E-state index in [0.29, 0.717) is 0 Å². The molecule has 168 valence electrons. The van der Waals surface area contributed by atoms with Crippen LogP contribution in [0.3, 0.4) is 0 Å². The molecule has 0 saturated heterocycles. The third-order valence-corrected chi connectivity index (χ3v) is 0.516. The minimum Gasteiger partial charge on any atom is -0.548 e. The topological polar surface area (TPSA) is 241 Å². The Labute approximate surface area is 185 Å². The molecule has 29 heavy (non-hydrogen) atoms. The molecular formula is C16H28O12Ti. The SMILES string of the molecule is C=C.C=C.C=C.C=C.O=C([O-])CO.O=C([O-])CO.O=C([O-])CO.O=C([O-])CO.[Ti+4]. The van der Waals surface area contributed by atoms with E-state index in [-0.39, 0.29) is 21.7 Å². The first-order chi connectivity index (χ1) is 13.1. The van der Waals surface area contributed by atoms with Crippen molar-refractivity contribution in [3.05, 3.63) is 52.6 Å². The van der Waals surface area contributed by atoms with E-state index in [0.717, 1.165) is 0 Å². The molecule has 0 amide bonds. The van der Waals surface area contributed by atoms with Crippen LogP contribution in [0.2, 0.25) is 0 Å². The fraction of sp³-hybridized carbons (Fsp3) is 0.250. The first-order valence-electron chi connectivity index (χ1n) is 6.31. The number of rotatable bonds is 4. The van der Waals surface area contributed by atoms with Gasteiger partial charge in [0, 0.05) is 0 Å².